The summed E-state index contributed by atoms with van der Waals surface area (Å²) in [6, 6.07) is 11.1. The van der Waals surface area contributed by atoms with E-state index in [4.69, 9.17) is 9.47 Å². The minimum absolute atomic E-state index is 0.000776. The van der Waals surface area contributed by atoms with Crippen molar-refractivity contribution >= 4 is 40.3 Å². The number of benzene rings is 2. The first kappa shape index (κ1) is 18.7. The molecule has 5 nitrogen and oxygen atoms in total. The first-order valence-electron chi connectivity index (χ1n) is 7.09. The first-order valence-corrected chi connectivity index (χ1v) is 8.17. The number of hydrogen-bond acceptors (Lipinski definition) is 4. The van der Waals surface area contributed by atoms with Gasteiger partial charge in [-0.1, -0.05) is 12.1 Å². The van der Waals surface area contributed by atoms with Crippen molar-refractivity contribution in [2.75, 3.05) is 19.5 Å². The molecule has 0 saturated carbocycles. The van der Waals surface area contributed by atoms with Gasteiger partial charge in [0.15, 0.2) is 11.5 Å². The van der Waals surface area contributed by atoms with Crippen molar-refractivity contribution in [3.63, 3.8) is 0 Å². The average molecular weight is 452 g/mol. The highest BCUT2D eigenvalue weighted by Gasteiger charge is 2.15. The Balaban J connectivity index is 2.41. The molecule has 0 radical (unpaired) electrons. The summed E-state index contributed by atoms with van der Waals surface area (Å²) in [6.45, 7) is 0. The van der Waals surface area contributed by atoms with Gasteiger partial charge in [0.25, 0.3) is 5.91 Å². The average Bonchev–Trinajstić information content (AvgIpc) is 2.60. The van der Waals surface area contributed by atoms with Gasteiger partial charge in [-0.2, -0.15) is 5.26 Å². The molecule has 2 aromatic carbocycles. The number of carbonyl (C=O) groups is 1. The quantitative estimate of drug-likeness (QED) is 0.423. The summed E-state index contributed by atoms with van der Waals surface area (Å²) in [4.78, 5) is 12.3. The van der Waals surface area contributed by atoms with E-state index >= 15 is 0 Å². The van der Waals surface area contributed by atoms with Crippen molar-refractivity contribution in [1.29, 1.82) is 5.26 Å². The third-order valence-electron chi connectivity index (χ3n) is 3.26. The van der Waals surface area contributed by atoms with E-state index in [0.29, 0.717) is 17.1 Å². The SMILES string of the molecule is COc1cc(I)cc(/C=C(/C#N)C(=O)Nc2ccccc2F)c1OC. The third kappa shape index (κ3) is 4.48. The smallest absolute Gasteiger partial charge is 0.266 e. The van der Waals surface area contributed by atoms with Gasteiger partial charge in [0.1, 0.15) is 17.5 Å². The summed E-state index contributed by atoms with van der Waals surface area (Å²) in [5.41, 5.74) is 0.318. The Bertz CT molecular complexity index is 875. The van der Waals surface area contributed by atoms with E-state index in [0.717, 1.165) is 3.57 Å². The zero-order chi connectivity index (χ0) is 18.4. The van der Waals surface area contributed by atoms with Crippen LogP contribution in [-0.4, -0.2) is 20.1 Å². The van der Waals surface area contributed by atoms with Crippen molar-refractivity contribution in [3.8, 4) is 17.6 Å². The molecule has 2 rings (SSSR count). The van der Waals surface area contributed by atoms with Crippen LogP contribution in [0.25, 0.3) is 6.08 Å². The van der Waals surface area contributed by atoms with Crippen LogP contribution in [0.3, 0.4) is 0 Å². The van der Waals surface area contributed by atoms with Gasteiger partial charge >= 0.3 is 0 Å². The number of halogens is 2. The van der Waals surface area contributed by atoms with Gasteiger partial charge in [0.05, 0.1) is 19.9 Å². The summed E-state index contributed by atoms with van der Waals surface area (Å²) < 4.78 is 25.1. The van der Waals surface area contributed by atoms with E-state index in [2.05, 4.69) is 27.9 Å². The molecule has 0 bridgehead atoms. The Kier molecular flexibility index (Phi) is 6.36. The van der Waals surface area contributed by atoms with E-state index < -0.39 is 11.7 Å². The molecule has 0 aliphatic heterocycles. The number of rotatable bonds is 5. The maximum atomic E-state index is 13.7. The van der Waals surface area contributed by atoms with E-state index in [1.807, 2.05) is 6.07 Å². The molecule has 2 aromatic rings. The summed E-state index contributed by atoms with van der Waals surface area (Å²) in [7, 11) is 2.96. The number of para-hydroxylation sites is 1. The van der Waals surface area contributed by atoms with Crippen LogP contribution in [0.5, 0.6) is 11.5 Å². The molecule has 25 heavy (non-hydrogen) atoms. The highest BCUT2D eigenvalue weighted by molar-refractivity contribution is 14.1. The maximum absolute atomic E-state index is 13.7. The summed E-state index contributed by atoms with van der Waals surface area (Å²) >= 11 is 2.09. The van der Waals surface area contributed by atoms with E-state index in [-0.39, 0.29) is 11.3 Å². The standard InChI is InChI=1S/C18H14FIN2O3/c1-24-16-9-13(20)8-11(17(16)25-2)7-12(10-21)18(23)22-15-6-4-3-5-14(15)19/h3-9H,1-2H3,(H,22,23)/b12-7-. The zero-order valence-electron chi connectivity index (χ0n) is 13.5. The van der Waals surface area contributed by atoms with Crippen LogP contribution >= 0.6 is 22.6 Å². The predicted octanol–water partition coefficient (Wildman–Crippen LogP) is 3.99. The van der Waals surface area contributed by atoms with Crippen LogP contribution in [0.1, 0.15) is 5.56 Å². The van der Waals surface area contributed by atoms with E-state index in [1.165, 1.54) is 38.5 Å². The molecule has 7 heteroatoms. The van der Waals surface area contributed by atoms with Crippen LogP contribution < -0.4 is 14.8 Å². The second-order valence-electron chi connectivity index (χ2n) is 4.83. The molecule has 0 atom stereocenters. The second kappa shape index (κ2) is 8.48. The molecule has 0 fully saturated rings. The van der Waals surface area contributed by atoms with Gasteiger partial charge in [-0.25, -0.2) is 4.39 Å². The van der Waals surface area contributed by atoms with Crippen molar-refractivity contribution in [3.05, 3.63) is 56.9 Å². The normalized spacial score (nSPS) is 10.8. The lowest BCUT2D eigenvalue weighted by Crippen LogP contribution is -2.14. The Morgan fingerprint density at radius 3 is 2.60 bits per heavy atom. The lowest BCUT2D eigenvalue weighted by molar-refractivity contribution is -0.112. The monoisotopic (exact) mass is 452 g/mol. The van der Waals surface area contributed by atoms with Gasteiger partial charge in [0.2, 0.25) is 0 Å². The molecule has 0 aliphatic carbocycles. The summed E-state index contributed by atoms with van der Waals surface area (Å²) in [5.74, 6) is -0.420. The maximum Gasteiger partial charge on any atom is 0.266 e. The van der Waals surface area contributed by atoms with Crippen molar-refractivity contribution in [2.24, 2.45) is 0 Å². The number of amides is 1. The molecule has 1 N–H and O–H groups in total. The van der Waals surface area contributed by atoms with Crippen molar-refractivity contribution < 1.29 is 18.7 Å². The lowest BCUT2D eigenvalue weighted by atomic mass is 10.1. The van der Waals surface area contributed by atoms with Crippen molar-refractivity contribution in [2.45, 2.75) is 0 Å². The second-order valence-corrected chi connectivity index (χ2v) is 6.08. The zero-order valence-corrected chi connectivity index (χ0v) is 15.6. The van der Waals surface area contributed by atoms with Crippen LogP contribution in [0.4, 0.5) is 10.1 Å². The highest BCUT2D eigenvalue weighted by atomic mass is 127. The van der Waals surface area contributed by atoms with E-state index in [9.17, 15) is 14.4 Å². The molecule has 0 spiro atoms. The lowest BCUT2D eigenvalue weighted by Gasteiger charge is -2.12. The number of carbonyl (C=O) groups excluding carboxylic acids is 1. The Labute approximate surface area is 158 Å². The minimum atomic E-state index is -0.715. The van der Waals surface area contributed by atoms with Crippen LogP contribution in [0, 0.1) is 20.7 Å². The topological polar surface area (TPSA) is 71.3 Å². The van der Waals surface area contributed by atoms with E-state index in [1.54, 1.807) is 18.2 Å². The largest absolute Gasteiger partial charge is 0.493 e. The molecule has 128 valence electrons. The fourth-order valence-electron chi connectivity index (χ4n) is 2.12. The van der Waals surface area contributed by atoms with Gasteiger partial charge in [0, 0.05) is 9.13 Å². The number of nitriles is 1. The fourth-order valence-corrected chi connectivity index (χ4v) is 2.74. The third-order valence-corrected chi connectivity index (χ3v) is 3.88. The molecule has 0 saturated heterocycles. The Morgan fingerprint density at radius 1 is 1.28 bits per heavy atom. The fraction of sp³-hybridized carbons (Fsp3) is 0.111. The minimum Gasteiger partial charge on any atom is -0.493 e. The number of hydrogen-bond donors (Lipinski definition) is 1. The molecule has 1 amide bonds. The molecule has 0 aromatic heterocycles. The highest BCUT2D eigenvalue weighted by Crippen LogP contribution is 2.34. The first-order chi connectivity index (χ1) is 12.0. The van der Waals surface area contributed by atoms with Gasteiger partial charge < -0.3 is 14.8 Å². The predicted molar refractivity (Wildman–Crippen MR) is 101 cm³/mol. The van der Waals surface area contributed by atoms with Gasteiger partial charge in [-0.15, -0.1) is 0 Å². The Hall–Kier alpha value is -2.60. The summed E-state index contributed by atoms with van der Waals surface area (Å²) in [5, 5.41) is 11.7. The van der Waals surface area contributed by atoms with Crippen molar-refractivity contribution in [1.82, 2.24) is 0 Å². The summed E-state index contributed by atoms with van der Waals surface area (Å²) in [6.07, 6.45) is 1.37. The number of anilines is 1. The number of nitrogens with zero attached hydrogens (tertiary/aromatic N) is 1. The van der Waals surface area contributed by atoms with Gasteiger partial charge in [-0.3, -0.25) is 4.79 Å². The van der Waals surface area contributed by atoms with Crippen LogP contribution in [-0.2, 0) is 4.79 Å². The molecule has 0 heterocycles. The molecular weight excluding hydrogens is 438 g/mol. The van der Waals surface area contributed by atoms with Crippen LogP contribution in [0.2, 0.25) is 0 Å². The number of ether oxygens (including phenoxy) is 2. The number of nitrogens with one attached hydrogen (secondary N) is 1. The molecule has 0 aliphatic rings. The molecule has 0 unspecified atom stereocenters. The molecular formula is C18H14FIN2O3. The number of methoxy groups -OCH3 is 2. The van der Waals surface area contributed by atoms with Crippen LogP contribution in [0.15, 0.2) is 42.0 Å². The Morgan fingerprint density at radius 2 is 2.00 bits per heavy atom. The van der Waals surface area contributed by atoms with Gasteiger partial charge in [-0.05, 0) is 52.9 Å².